The lowest BCUT2D eigenvalue weighted by Gasteiger charge is -2.33. The Morgan fingerprint density at radius 2 is 1.83 bits per heavy atom. The number of carbonyl (C=O) groups is 1. The van der Waals surface area contributed by atoms with Crippen molar-refractivity contribution >= 4 is 5.91 Å². The Kier molecular flexibility index (Phi) is 9.59. The van der Waals surface area contributed by atoms with Crippen molar-refractivity contribution in [3.05, 3.63) is 89.4 Å². The van der Waals surface area contributed by atoms with Crippen LogP contribution in [0.2, 0.25) is 0 Å². The predicted octanol–water partition coefficient (Wildman–Crippen LogP) is 5.48. The molecule has 0 bridgehead atoms. The first-order valence-corrected chi connectivity index (χ1v) is 13.1. The highest BCUT2D eigenvalue weighted by molar-refractivity contribution is 5.91. The molecule has 1 atom stereocenters. The molecule has 1 unspecified atom stereocenters. The summed E-state index contributed by atoms with van der Waals surface area (Å²) in [6.07, 6.45) is 4.84. The molecule has 1 saturated heterocycles. The lowest BCUT2D eigenvalue weighted by molar-refractivity contribution is 0.0916. The van der Waals surface area contributed by atoms with Crippen molar-refractivity contribution in [1.29, 1.82) is 0 Å². The van der Waals surface area contributed by atoms with Crippen LogP contribution in [0.25, 0.3) is 0 Å². The van der Waals surface area contributed by atoms with Crippen molar-refractivity contribution in [3.8, 4) is 5.75 Å². The summed E-state index contributed by atoms with van der Waals surface area (Å²) < 4.78 is 11.5. The number of furan rings is 1. The van der Waals surface area contributed by atoms with Gasteiger partial charge in [0, 0.05) is 37.8 Å². The highest BCUT2D eigenvalue weighted by atomic mass is 16.5. The average molecular weight is 490 g/mol. The molecule has 1 aromatic heterocycles. The number of rotatable bonds is 12. The van der Waals surface area contributed by atoms with Gasteiger partial charge in [0.15, 0.2) is 5.76 Å². The monoisotopic (exact) mass is 489 g/mol. The van der Waals surface area contributed by atoms with Gasteiger partial charge in [-0.15, -0.1) is 0 Å². The van der Waals surface area contributed by atoms with E-state index < -0.39 is 0 Å². The zero-order valence-corrected chi connectivity index (χ0v) is 21.6. The molecular weight excluding hydrogens is 450 g/mol. The van der Waals surface area contributed by atoms with Crippen molar-refractivity contribution in [2.24, 2.45) is 0 Å². The third kappa shape index (κ3) is 7.45. The zero-order valence-electron chi connectivity index (χ0n) is 21.6. The second kappa shape index (κ2) is 13.3. The highest BCUT2D eigenvalue weighted by Crippen LogP contribution is 2.22. The first kappa shape index (κ1) is 26.0. The van der Waals surface area contributed by atoms with E-state index in [-0.39, 0.29) is 5.91 Å². The fourth-order valence-corrected chi connectivity index (χ4v) is 4.95. The van der Waals surface area contributed by atoms with Crippen molar-refractivity contribution in [2.45, 2.75) is 58.3 Å². The summed E-state index contributed by atoms with van der Waals surface area (Å²) in [6, 6.07) is 22.8. The van der Waals surface area contributed by atoms with E-state index in [1.165, 1.54) is 31.4 Å². The van der Waals surface area contributed by atoms with E-state index in [0.717, 1.165) is 36.6 Å². The van der Waals surface area contributed by atoms with Gasteiger partial charge in [-0.2, -0.15) is 0 Å². The van der Waals surface area contributed by atoms with Gasteiger partial charge in [-0.25, -0.2) is 0 Å². The third-order valence-electron chi connectivity index (χ3n) is 6.95. The lowest BCUT2D eigenvalue weighted by atomic mass is 10.0. The van der Waals surface area contributed by atoms with Crippen molar-refractivity contribution < 1.29 is 13.9 Å². The van der Waals surface area contributed by atoms with Crippen molar-refractivity contribution in [1.82, 2.24) is 15.1 Å². The van der Waals surface area contributed by atoms with E-state index in [1.54, 1.807) is 13.2 Å². The molecule has 6 heteroatoms. The molecule has 1 N–H and O–H groups in total. The van der Waals surface area contributed by atoms with Gasteiger partial charge < -0.3 is 19.4 Å². The van der Waals surface area contributed by atoms with Crippen LogP contribution < -0.4 is 10.1 Å². The molecule has 1 aliphatic heterocycles. The standard InChI is InChI=1S/C30H39N3O3/c1-24-11-8-9-19-33(24)20-10-18-31-30(34)29-17-16-27(36-29)23-32(21-25-12-4-3-5-13-25)22-26-14-6-7-15-28(26)35-2/h3-7,12-17,24H,8-11,18-23H2,1-2H3,(H,31,34). The summed E-state index contributed by atoms with van der Waals surface area (Å²) in [5, 5.41) is 3.03. The van der Waals surface area contributed by atoms with E-state index in [0.29, 0.717) is 31.4 Å². The van der Waals surface area contributed by atoms with Gasteiger partial charge in [0.25, 0.3) is 5.91 Å². The maximum atomic E-state index is 12.7. The van der Waals surface area contributed by atoms with Gasteiger partial charge in [0.2, 0.25) is 0 Å². The van der Waals surface area contributed by atoms with Gasteiger partial charge >= 0.3 is 0 Å². The van der Waals surface area contributed by atoms with Crippen LogP contribution in [0, 0.1) is 0 Å². The average Bonchev–Trinajstić information content (AvgIpc) is 3.37. The van der Waals surface area contributed by atoms with Crippen molar-refractivity contribution in [3.63, 3.8) is 0 Å². The second-order valence-electron chi connectivity index (χ2n) is 9.70. The molecule has 192 valence electrons. The minimum atomic E-state index is -0.146. The summed E-state index contributed by atoms with van der Waals surface area (Å²) in [6.45, 7) is 7.22. The van der Waals surface area contributed by atoms with Crippen LogP contribution in [0.1, 0.15) is 60.0 Å². The quantitative estimate of drug-likeness (QED) is 0.341. The number of para-hydroxylation sites is 1. The largest absolute Gasteiger partial charge is 0.496 e. The molecule has 6 nitrogen and oxygen atoms in total. The van der Waals surface area contributed by atoms with Crippen LogP contribution in [0.15, 0.2) is 71.1 Å². The molecule has 36 heavy (non-hydrogen) atoms. The van der Waals surface area contributed by atoms with Gasteiger partial charge in [0.1, 0.15) is 11.5 Å². The number of hydrogen-bond acceptors (Lipinski definition) is 5. The number of piperidine rings is 1. The number of likely N-dealkylation sites (tertiary alicyclic amines) is 1. The minimum Gasteiger partial charge on any atom is -0.496 e. The molecule has 0 spiro atoms. The summed E-state index contributed by atoms with van der Waals surface area (Å²) in [5.74, 6) is 1.86. The molecule has 4 rings (SSSR count). The Morgan fingerprint density at radius 1 is 1.03 bits per heavy atom. The number of methoxy groups -OCH3 is 1. The number of ether oxygens (including phenoxy) is 1. The predicted molar refractivity (Wildman–Crippen MR) is 143 cm³/mol. The smallest absolute Gasteiger partial charge is 0.286 e. The maximum Gasteiger partial charge on any atom is 0.286 e. The number of benzene rings is 2. The lowest BCUT2D eigenvalue weighted by Crippen LogP contribution is -2.39. The van der Waals surface area contributed by atoms with Gasteiger partial charge in [-0.05, 0) is 56.5 Å². The Hall–Kier alpha value is -3.09. The Balaban J connectivity index is 1.34. The molecule has 1 amide bonds. The van der Waals surface area contributed by atoms with E-state index in [2.05, 4.69) is 52.4 Å². The van der Waals surface area contributed by atoms with Crippen LogP contribution in [-0.2, 0) is 19.6 Å². The molecule has 1 fully saturated rings. The SMILES string of the molecule is COc1ccccc1CN(Cc1ccccc1)Cc1ccc(C(=O)NCCCN2CCCCC2C)o1. The zero-order chi connectivity index (χ0) is 25.2. The maximum absolute atomic E-state index is 12.7. The van der Waals surface area contributed by atoms with E-state index in [1.807, 2.05) is 30.3 Å². The summed E-state index contributed by atoms with van der Waals surface area (Å²) in [7, 11) is 1.70. The second-order valence-corrected chi connectivity index (χ2v) is 9.70. The van der Waals surface area contributed by atoms with E-state index in [9.17, 15) is 4.79 Å². The Bertz CT molecular complexity index is 1080. The Morgan fingerprint density at radius 3 is 2.64 bits per heavy atom. The molecule has 3 aromatic rings. The van der Waals surface area contributed by atoms with Gasteiger partial charge in [-0.1, -0.05) is 55.0 Å². The van der Waals surface area contributed by atoms with Crippen LogP contribution in [0.5, 0.6) is 5.75 Å². The fraction of sp³-hybridized carbons (Fsp3) is 0.433. The first-order valence-electron chi connectivity index (χ1n) is 13.1. The summed E-state index contributed by atoms with van der Waals surface area (Å²) >= 11 is 0. The Labute approximate surface area is 215 Å². The first-order chi connectivity index (χ1) is 17.6. The number of amides is 1. The summed E-state index contributed by atoms with van der Waals surface area (Å²) in [4.78, 5) is 17.5. The molecule has 2 aromatic carbocycles. The van der Waals surface area contributed by atoms with E-state index in [4.69, 9.17) is 9.15 Å². The normalized spacial score (nSPS) is 16.2. The molecule has 1 aliphatic rings. The molecule has 0 radical (unpaired) electrons. The van der Waals surface area contributed by atoms with Crippen LogP contribution >= 0.6 is 0 Å². The third-order valence-corrected chi connectivity index (χ3v) is 6.95. The number of nitrogens with one attached hydrogen (secondary N) is 1. The minimum absolute atomic E-state index is 0.146. The van der Waals surface area contributed by atoms with Crippen molar-refractivity contribution in [2.75, 3.05) is 26.7 Å². The van der Waals surface area contributed by atoms with E-state index >= 15 is 0 Å². The molecule has 0 saturated carbocycles. The fourth-order valence-electron chi connectivity index (χ4n) is 4.95. The topological polar surface area (TPSA) is 58.0 Å². The number of carbonyl (C=O) groups excluding carboxylic acids is 1. The van der Waals surface area contributed by atoms with Gasteiger partial charge in [-0.3, -0.25) is 9.69 Å². The number of nitrogens with zero attached hydrogens (tertiary/aromatic N) is 2. The number of hydrogen-bond donors (Lipinski definition) is 1. The van der Waals surface area contributed by atoms with Crippen LogP contribution in [-0.4, -0.2) is 48.5 Å². The van der Waals surface area contributed by atoms with Crippen LogP contribution in [0.4, 0.5) is 0 Å². The highest BCUT2D eigenvalue weighted by Gasteiger charge is 2.18. The van der Waals surface area contributed by atoms with Gasteiger partial charge in [0.05, 0.1) is 13.7 Å². The van der Waals surface area contributed by atoms with Crippen LogP contribution in [0.3, 0.4) is 0 Å². The molecule has 0 aliphatic carbocycles. The molecule has 2 heterocycles. The molecular formula is C30H39N3O3. The summed E-state index contributed by atoms with van der Waals surface area (Å²) in [5.41, 5.74) is 2.34.